The summed E-state index contributed by atoms with van der Waals surface area (Å²) in [6, 6.07) is 8.08. The van der Waals surface area contributed by atoms with Gasteiger partial charge in [0.1, 0.15) is 17.9 Å². The molecule has 2 aliphatic rings. The number of rotatable bonds is 7. The van der Waals surface area contributed by atoms with E-state index in [2.05, 4.69) is 4.72 Å². The van der Waals surface area contributed by atoms with Crippen LogP contribution in [0.2, 0.25) is 5.02 Å². The smallest absolute Gasteiger partial charge is 0.335 e. The SMILES string of the molecule is N#Cc1cc(NS(=O)(=O)c2cc(C(=O)O)ccc2C2CC2)c(OC2CC(F)(F)C2)cc1Cl. The van der Waals surface area contributed by atoms with Crippen LogP contribution in [0.1, 0.15) is 53.1 Å². The van der Waals surface area contributed by atoms with Crippen LogP contribution < -0.4 is 9.46 Å². The fourth-order valence-corrected chi connectivity index (χ4v) is 5.10. The lowest BCUT2D eigenvalue weighted by Crippen LogP contribution is -2.43. The van der Waals surface area contributed by atoms with Crippen LogP contribution in [0.3, 0.4) is 0 Å². The highest BCUT2D eigenvalue weighted by Gasteiger charge is 2.47. The van der Waals surface area contributed by atoms with Crippen LogP contribution in [0.25, 0.3) is 0 Å². The van der Waals surface area contributed by atoms with Gasteiger partial charge in [0.2, 0.25) is 0 Å². The zero-order valence-electron chi connectivity index (χ0n) is 16.4. The van der Waals surface area contributed by atoms with E-state index < -0.39 is 40.9 Å². The predicted molar refractivity (Wildman–Crippen MR) is 111 cm³/mol. The van der Waals surface area contributed by atoms with Crippen molar-refractivity contribution in [1.82, 2.24) is 0 Å². The summed E-state index contributed by atoms with van der Waals surface area (Å²) >= 11 is 6.03. The summed E-state index contributed by atoms with van der Waals surface area (Å²) in [6.45, 7) is 0. The van der Waals surface area contributed by atoms with Gasteiger partial charge in [-0.3, -0.25) is 4.72 Å². The monoisotopic (exact) mass is 482 g/mol. The molecule has 4 rings (SSSR count). The van der Waals surface area contributed by atoms with Crippen molar-refractivity contribution in [2.24, 2.45) is 0 Å². The number of aromatic carboxylic acids is 1. The minimum absolute atomic E-state index is 0.00256. The lowest BCUT2D eigenvalue weighted by atomic mass is 9.91. The molecule has 2 saturated carbocycles. The number of anilines is 1. The van der Waals surface area contributed by atoms with Crippen molar-refractivity contribution in [3.63, 3.8) is 0 Å². The number of carboxylic acids is 1. The average Bonchev–Trinajstić information content (AvgIpc) is 3.53. The molecule has 0 aromatic heterocycles. The van der Waals surface area contributed by atoms with Crippen LogP contribution in [-0.2, 0) is 10.0 Å². The summed E-state index contributed by atoms with van der Waals surface area (Å²) in [5, 5.41) is 18.5. The van der Waals surface area contributed by atoms with Crippen molar-refractivity contribution in [2.75, 3.05) is 4.72 Å². The van der Waals surface area contributed by atoms with Crippen LogP contribution in [-0.4, -0.2) is 31.5 Å². The van der Waals surface area contributed by atoms with Gasteiger partial charge in [-0.05, 0) is 42.5 Å². The number of hydrogen-bond acceptors (Lipinski definition) is 5. The molecule has 0 bridgehead atoms. The lowest BCUT2D eigenvalue weighted by molar-refractivity contribution is -0.134. The molecule has 0 saturated heterocycles. The van der Waals surface area contributed by atoms with E-state index in [0.717, 1.165) is 25.0 Å². The van der Waals surface area contributed by atoms with E-state index in [-0.39, 0.29) is 38.4 Å². The Hall–Kier alpha value is -2.90. The number of nitrogens with one attached hydrogen (secondary N) is 1. The van der Waals surface area contributed by atoms with Crippen molar-refractivity contribution in [3.05, 3.63) is 52.0 Å². The highest BCUT2D eigenvalue weighted by atomic mass is 35.5. The van der Waals surface area contributed by atoms with E-state index in [4.69, 9.17) is 16.3 Å². The van der Waals surface area contributed by atoms with Gasteiger partial charge < -0.3 is 9.84 Å². The van der Waals surface area contributed by atoms with Crippen LogP contribution >= 0.6 is 11.6 Å². The summed E-state index contributed by atoms with van der Waals surface area (Å²) in [5.41, 5.74) is 0.0934. The molecule has 2 aliphatic carbocycles. The fourth-order valence-electron chi connectivity index (χ4n) is 3.52. The summed E-state index contributed by atoms with van der Waals surface area (Å²) in [4.78, 5) is 11.2. The van der Waals surface area contributed by atoms with Gasteiger partial charge in [0.05, 0.1) is 26.7 Å². The second kappa shape index (κ2) is 7.90. The van der Waals surface area contributed by atoms with E-state index in [1.165, 1.54) is 18.2 Å². The number of nitrogens with zero attached hydrogens (tertiary/aromatic N) is 1. The largest absolute Gasteiger partial charge is 0.488 e. The summed E-state index contributed by atoms with van der Waals surface area (Å²) < 4.78 is 60.8. The van der Waals surface area contributed by atoms with Crippen LogP contribution in [0, 0.1) is 11.3 Å². The topological polar surface area (TPSA) is 116 Å². The second-order valence-electron chi connectivity index (χ2n) is 7.88. The van der Waals surface area contributed by atoms with Gasteiger partial charge in [-0.2, -0.15) is 5.26 Å². The molecule has 0 spiro atoms. The molecular formula is C21H17ClF2N2O5S. The molecule has 0 unspecified atom stereocenters. The van der Waals surface area contributed by atoms with Crippen molar-refractivity contribution in [2.45, 2.75) is 48.5 Å². The number of hydrogen-bond donors (Lipinski definition) is 2. The lowest BCUT2D eigenvalue weighted by Gasteiger charge is -2.35. The molecule has 2 aromatic rings. The molecule has 32 heavy (non-hydrogen) atoms. The maximum absolute atomic E-state index is 13.2. The first-order valence-electron chi connectivity index (χ1n) is 9.67. The molecule has 7 nitrogen and oxygen atoms in total. The molecule has 0 heterocycles. The van der Waals surface area contributed by atoms with E-state index in [1.807, 2.05) is 6.07 Å². The molecule has 11 heteroatoms. The highest BCUT2D eigenvalue weighted by Crippen LogP contribution is 2.45. The second-order valence-corrected chi connectivity index (χ2v) is 9.94. The summed E-state index contributed by atoms with van der Waals surface area (Å²) in [6.07, 6.45) is -0.334. The first-order valence-corrected chi connectivity index (χ1v) is 11.5. The van der Waals surface area contributed by atoms with E-state index >= 15 is 0 Å². The number of halogens is 3. The Bertz CT molecular complexity index is 1250. The maximum atomic E-state index is 13.2. The third-order valence-corrected chi connectivity index (χ3v) is 7.08. The number of nitriles is 1. The Morgan fingerprint density at radius 1 is 1.25 bits per heavy atom. The molecular weight excluding hydrogens is 466 g/mol. The summed E-state index contributed by atoms with van der Waals surface area (Å²) in [7, 11) is -4.31. The van der Waals surface area contributed by atoms with E-state index in [9.17, 15) is 32.4 Å². The van der Waals surface area contributed by atoms with Crippen LogP contribution in [0.15, 0.2) is 35.2 Å². The van der Waals surface area contributed by atoms with E-state index in [1.54, 1.807) is 0 Å². The normalized spacial score (nSPS) is 17.8. The minimum atomic E-state index is -4.31. The molecule has 2 fully saturated rings. The van der Waals surface area contributed by atoms with Crippen molar-refractivity contribution >= 4 is 33.3 Å². The summed E-state index contributed by atoms with van der Waals surface area (Å²) in [5.74, 6) is -4.23. The molecule has 0 atom stereocenters. The van der Waals surface area contributed by atoms with Gasteiger partial charge in [-0.25, -0.2) is 22.0 Å². The van der Waals surface area contributed by atoms with Gasteiger partial charge in [0.15, 0.2) is 0 Å². The Morgan fingerprint density at radius 2 is 1.94 bits per heavy atom. The van der Waals surface area contributed by atoms with Crippen LogP contribution in [0.5, 0.6) is 5.75 Å². The maximum Gasteiger partial charge on any atom is 0.335 e. The Labute approximate surface area is 187 Å². The van der Waals surface area contributed by atoms with Crippen LogP contribution in [0.4, 0.5) is 14.5 Å². The molecule has 2 N–H and O–H groups in total. The van der Waals surface area contributed by atoms with Crippen molar-refractivity contribution in [1.29, 1.82) is 5.26 Å². The number of ether oxygens (including phenoxy) is 1. The average molecular weight is 483 g/mol. The van der Waals surface area contributed by atoms with Crippen molar-refractivity contribution < 1.29 is 31.8 Å². The zero-order chi connectivity index (χ0) is 23.3. The fraction of sp³-hybridized carbons (Fsp3) is 0.333. The minimum Gasteiger partial charge on any atom is -0.488 e. The Morgan fingerprint density at radius 3 is 2.50 bits per heavy atom. The molecule has 0 amide bonds. The van der Waals surface area contributed by atoms with Gasteiger partial charge in [-0.1, -0.05) is 17.7 Å². The first-order chi connectivity index (χ1) is 15.0. The third kappa shape index (κ3) is 4.49. The Kier molecular flexibility index (Phi) is 5.51. The number of carboxylic acid groups (broad SMARTS) is 1. The predicted octanol–water partition coefficient (Wildman–Crippen LogP) is 4.76. The van der Waals surface area contributed by atoms with E-state index in [0.29, 0.717) is 5.56 Å². The Balaban J connectivity index is 1.72. The highest BCUT2D eigenvalue weighted by molar-refractivity contribution is 7.92. The number of alkyl halides is 2. The molecule has 2 aromatic carbocycles. The zero-order valence-corrected chi connectivity index (χ0v) is 18.0. The molecule has 168 valence electrons. The third-order valence-electron chi connectivity index (χ3n) is 5.35. The number of carbonyl (C=O) groups is 1. The number of sulfonamides is 1. The van der Waals surface area contributed by atoms with Gasteiger partial charge in [0.25, 0.3) is 15.9 Å². The standard InChI is InChI=1S/C21H17ClF2N2O5S/c22-16-7-18(31-14-8-21(23,24)9-14)17(5-13(16)10-25)26-32(29,30)19-6-12(20(27)28)3-4-15(19)11-1-2-11/h3-7,11,14,26H,1-2,8-9H2,(H,27,28). The van der Waals surface area contributed by atoms with Gasteiger partial charge >= 0.3 is 5.97 Å². The van der Waals surface area contributed by atoms with Gasteiger partial charge in [-0.15, -0.1) is 0 Å². The number of benzene rings is 2. The van der Waals surface area contributed by atoms with Gasteiger partial charge in [0, 0.05) is 18.9 Å². The molecule has 0 radical (unpaired) electrons. The quantitative estimate of drug-likeness (QED) is 0.587. The van der Waals surface area contributed by atoms with Crippen molar-refractivity contribution in [3.8, 4) is 11.8 Å². The first kappa shape index (κ1) is 22.3. The molecule has 0 aliphatic heterocycles.